The maximum Gasteiger partial charge on any atom is 0.258 e. The van der Waals surface area contributed by atoms with E-state index < -0.39 is 27.6 Å². The first-order valence-corrected chi connectivity index (χ1v) is 9.14. The molecule has 1 aliphatic rings. The summed E-state index contributed by atoms with van der Waals surface area (Å²) in [4.78, 5) is 14.3. The largest absolute Gasteiger partial charge is 0.300 e. The Balaban J connectivity index is 2.03. The van der Waals surface area contributed by atoms with E-state index in [0.29, 0.717) is 5.69 Å². The van der Waals surface area contributed by atoms with Crippen LogP contribution < -0.4 is 4.90 Å². The zero-order chi connectivity index (χ0) is 17.3. The number of rotatable bonds is 3. The third-order valence-corrected chi connectivity index (χ3v) is 5.22. The Labute approximate surface area is 140 Å². The molecule has 3 rings (SSSR count). The molecule has 0 unspecified atom stereocenters. The van der Waals surface area contributed by atoms with Crippen molar-refractivity contribution < 1.29 is 17.6 Å². The third-order valence-electron chi connectivity index (χ3n) is 3.85. The van der Waals surface area contributed by atoms with Gasteiger partial charge in [0.1, 0.15) is 5.82 Å². The van der Waals surface area contributed by atoms with Crippen molar-refractivity contribution in [2.75, 3.05) is 10.7 Å². The molecule has 124 valence electrons. The molecule has 0 aromatic heterocycles. The summed E-state index contributed by atoms with van der Waals surface area (Å²) in [5.41, 5.74) is 1.77. The number of sulfone groups is 1. The number of hydrogen-bond donors (Lipinski definition) is 0. The second-order valence-electron chi connectivity index (χ2n) is 5.75. The normalized spacial score (nSPS) is 18.5. The van der Waals surface area contributed by atoms with Gasteiger partial charge in [0.15, 0.2) is 9.84 Å². The molecular formula is C18H16FNO3S. The molecule has 6 heteroatoms. The van der Waals surface area contributed by atoms with Crippen molar-refractivity contribution in [3.63, 3.8) is 0 Å². The number of anilines is 1. The average molecular weight is 345 g/mol. The van der Waals surface area contributed by atoms with Crippen molar-refractivity contribution in [1.82, 2.24) is 0 Å². The van der Waals surface area contributed by atoms with Crippen LogP contribution in [0.2, 0.25) is 0 Å². The lowest BCUT2D eigenvalue weighted by molar-refractivity contribution is 0.0982. The van der Waals surface area contributed by atoms with E-state index >= 15 is 0 Å². The summed E-state index contributed by atoms with van der Waals surface area (Å²) in [5, 5.41) is 1.12. The number of halogens is 1. The summed E-state index contributed by atoms with van der Waals surface area (Å²) in [6.45, 7) is 1.92. The summed E-state index contributed by atoms with van der Waals surface area (Å²) in [6.07, 6.45) is 1.49. The monoisotopic (exact) mass is 345 g/mol. The number of nitrogens with zero attached hydrogens (tertiary/aromatic N) is 1. The van der Waals surface area contributed by atoms with E-state index in [1.165, 1.54) is 29.2 Å². The van der Waals surface area contributed by atoms with Crippen LogP contribution in [-0.2, 0) is 9.84 Å². The molecule has 0 fully saturated rings. The maximum atomic E-state index is 13.5. The highest BCUT2D eigenvalue weighted by Crippen LogP contribution is 2.25. The summed E-state index contributed by atoms with van der Waals surface area (Å²) >= 11 is 0. The topological polar surface area (TPSA) is 54.5 Å². The fourth-order valence-corrected chi connectivity index (χ4v) is 3.91. The van der Waals surface area contributed by atoms with E-state index in [2.05, 4.69) is 0 Å². The molecule has 24 heavy (non-hydrogen) atoms. The van der Waals surface area contributed by atoms with E-state index in [4.69, 9.17) is 0 Å². The van der Waals surface area contributed by atoms with Gasteiger partial charge in [-0.1, -0.05) is 23.8 Å². The number of benzene rings is 2. The van der Waals surface area contributed by atoms with E-state index in [0.717, 1.165) is 17.0 Å². The highest BCUT2D eigenvalue weighted by atomic mass is 32.2. The molecular weight excluding hydrogens is 329 g/mol. The summed E-state index contributed by atoms with van der Waals surface area (Å²) in [5.74, 6) is -1.13. The molecule has 0 bridgehead atoms. The van der Waals surface area contributed by atoms with Crippen LogP contribution in [0.1, 0.15) is 15.9 Å². The molecule has 1 heterocycles. The standard InChI is InChI=1S/C18H16FNO3S/c1-13-5-7-16(8-6-13)20(17-9-10-24(22,23)12-17)18(21)14-3-2-4-15(19)11-14/h2-11,17H,12H2,1H3/t17-/m0/s1. The number of aryl methyl sites for hydroxylation is 1. The van der Waals surface area contributed by atoms with Crippen LogP contribution in [0, 0.1) is 12.7 Å². The number of hydrogen-bond acceptors (Lipinski definition) is 3. The van der Waals surface area contributed by atoms with Crippen LogP contribution >= 0.6 is 0 Å². The minimum absolute atomic E-state index is 0.174. The predicted octanol–water partition coefficient (Wildman–Crippen LogP) is 3.09. The van der Waals surface area contributed by atoms with Gasteiger partial charge in [0.05, 0.1) is 11.8 Å². The van der Waals surface area contributed by atoms with Crippen LogP contribution in [0.5, 0.6) is 0 Å². The number of amides is 1. The van der Waals surface area contributed by atoms with Crippen molar-refractivity contribution in [2.45, 2.75) is 13.0 Å². The Hall–Kier alpha value is -2.47. The smallest absolute Gasteiger partial charge is 0.258 e. The Bertz CT molecular complexity index is 904. The fourth-order valence-electron chi connectivity index (χ4n) is 2.65. The second kappa shape index (κ2) is 6.20. The van der Waals surface area contributed by atoms with Crippen molar-refractivity contribution in [3.8, 4) is 0 Å². The van der Waals surface area contributed by atoms with Gasteiger partial charge in [-0.3, -0.25) is 4.79 Å². The second-order valence-corrected chi connectivity index (χ2v) is 7.68. The summed E-state index contributed by atoms with van der Waals surface area (Å²) in [7, 11) is -3.33. The van der Waals surface area contributed by atoms with E-state index in [9.17, 15) is 17.6 Å². The molecule has 2 aromatic carbocycles. The van der Waals surface area contributed by atoms with Gasteiger partial charge in [-0.2, -0.15) is 0 Å². The highest BCUT2D eigenvalue weighted by Gasteiger charge is 2.32. The first kappa shape index (κ1) is 16.4. The molecule has 2 aromatic rings. The van der Waals surface area contributed by atoms with Crippen LogP contribution in [0.4, 0.5) is 10.1 Å². The number of carbonyl (C=O) groups excluding carboxylic acids is 1. The van der Waals surface area contributed by atoms with Crippen LogP contribution in [0.15, 0.2) is 60.0 Å². The van der Waals surface area contributed by atoms with Gasteiger partial charge in [-0.05, 0) is 43.3 Å². The Kier molecular flexibility index (Phi) is 4.24. The van der Waals surface area contributed by atoms with Crippen molar-refractivity contribution >= 4 is 21.4 Å². The summed E-state index contributed by atoms with van der Waals surface area (Å²) in [6, 6.07) is 12.0. The lowest BCUT2D eigenvalue weighted by Crippen LogP contribution is -2.41. The summed E-state index contributed by atoms with van der Waals surface area (Å²) < 4.78 is 37.0. The average Bonchev–Trinajstić information content (AvgIpc) is 2.89. The van der Waals surface area contributed by atoms with Gasteiger partial charge in [0.25, 0.3) is 5.91 Å². The zero-order valence-corrected chi connectivity index (χ0v) is 13.8. The molecule has 4 nitrogen and oxygen atoms in total. The van der Waals surface area contributed by atoms with Crippen molar-refractivity contribution in [2.24, 2.45) is 0 Å². The predicted molar refractivity (Wildman–Crippen MR) is 91.1 cm³/mol. The first-order chi connectivity index (χ1) is 11.4. The number of carbonyl (C=O) groups is 1. The molecule has 0 spiro atoms. The fraction of sp³-hybridized carbons (Fsp3) is 0.167. The van der Waals surface area contributed by atoms with E-state index in [1.807, 2.05) is 19.1 Å². The molecule has 0 saturated carbocycles. The van der Waals surface area contributed by atoms with Gasteiger partial charge in [-0.15, -0.1) is 0 Å². The molecule has 1 amide bonds. The van der Waals surface area contributed by atoms with Crippen LogP contribution in [0.3, 0.4) is 0 Å². The van der Waals surface area contributed by atoms with Gasteiger partial charge in [0.2, 0.25) is 0 Å². The van der Waals surface area contributed by atoms with Crippen LogP contribution in [0.25, 0.3) is 0 Å². The van der Waals surface area contributed by atoms with Gasteiger partial charge >= 0.3 is 0 Å². The molecule has 0 saturated heterocycles. The molecule has 1 atom stereocenters. The van der Waals surface area contributed by atoms with Gasteiger partial charge in [-0.25, -0.2) is 12.8 Å². The van der Waals surface area contributed by atoms with Crippen LogP contribution in [-0.4, -0.2) is 26.1 Å². The lowest BCUT2D eigenvalue weighted by atomic mass is 10.1. The SMILES string of the molecule is Cc1ccc(N(C(=O)c2cccc(F)c2)[C@H]2C=CS(=O)(=O)C2)cc1. The molecule has 0 N–H and O–H groups in total. The Morgan fingerprint density at radius 1 is 1.17 bits per heavy atom. The Morgan fingerprint density at radius 2 is 1.88 bits per heavy atom. The molecule has 1 aliphatic heterocycles. The molecule has 0 radical (unpaired) electrons. The maximum absolute atomic E-state index is 13.5. The van der Waals surface area contributed by atoms with Crippen molar-refractivity contribution in [3.05, 3.63) is 77.0 Å². The van der Waals surface area contributed by atoms with Gasteiger partial charge < -0.3 is 4.90 Å². The minimum atomic E-state index is -3.33. The van der Waals surface area contributed by atoms with Gasteiger partial charge in [0, 0.05) is 16.7 Å². The quantitative estimate of drug-likeness (QED) is 0.859. The third kappa shape index (κ3) is 3.38. The highest BCUT2D eigenvalue weighted by molar-refractivity contribution is 7.94. The van der Waals surface area contributed by atoms with E-state index in [-0.39, 0.29) is 11.3 Å². The lowest BCUT2D eigenvalue weighted by Gasteiger charge is -2.28. The van der Waals surface area contributed by atoms with Crippen molar-refractivity contribution in [1.29, 1.82) is 0 Å². The minimum Gasteiger partial charge on any atom is -0.300 e. The van der Waals surface area contributed by atoms with E-state index in [1.54, 1.807) is 12.1 Å². The Morgan fingerprint density at radius 3 is 2.46 bits per heavy atom. The molecule has 0 aliphatic carbocycles. The first-order valence-electron chi connectivity index (χ1n) is 7.42. The zero-order valence-electron chi connectivity index (χ0n) is 13.0.